The first-order valence-electron chi connectivity index (χ1n) is 7.40. The number of benzene rings is 2. The highest BCUT2D eigenvalue weighted by Gasteiger charge is 2.11. The van der Waals surface area contributed by atoms with Crippen molar-refractivity contribution < 1.29 is 9.18 Å². The zero-order chi connectivity index (χ0) is 15.9. The number of carbonyl (C=O) groups is 1. The molecule has 0 saturated carbocycles. The lowest BCUT2D eigenvalue weighted by Gasteiger charge is -2.20. The first kappa shape index (κ1) is 16.2. The van der Waals surface area contributed by atoms with E-state index in [4.69, 9.17) is 0 Å². The fourth-order valence-electron chi connectivity index (χ4n) is 2.24. The Kier molecular flexibility index (Phi) is 5.67. The Balaban J connectivity index is 1.94. The second-order valence-corrected chi connectivity index (χ2v) is 5.32. The minimum atomic E-state index is -0.403. The zero-order valence-electron chi connectivity index (χ0n) is 13.0. The van der Waals surface area contributed by atoms with Crippen LogP contribution in [0.1, 0.15) is 18.1 Å². The maximum Gasteiger partial charge on any atom is 0.238 e. The summed E-state index contributed by atoms with van der Waals surface area (Å²) in [5, 5.41) is 2.63. The van der Waals surface area contributed by atoms with Crippen molar-refractivity contribution in [2.45, 2.75) is 20.4 Å². The van der Waals surface area contributed by atoms with Gasteiger partial charge < -0.3 is 5.32 Å². The Morgan fingerprint density at radius 3 is 2.55 bits per heavy atom. The summed E-state index contributed by atoms with van der Waals surface area (Å²) < 4.78 is 13.7. The Morgan fingerprint density at radius 2 is 1.91 bits per heavy atom. The third kappa shape index (κ3) is 4.67. The summed E-state index contributed by atoms with van der Waals surface area (Å²) in [4.78, 5) is 14.1. The van der Waals surface area contributed by atoms with E-state index in [2.05, 4.69) is 5.32 Å². The molecule has 0 spiro atoms. The standard InChI is InChI=1S/C18H21FN2O/c1-3-21(12-15-7-5-4-6-8-15)13-18(22)20-17-10-9-14(2)11-16(17)19/h4-11H,3,12-13H2,1-2H3,(H,20,22). The van der Waals surface area contributed by atoms with Gasteiger partial charge in [-0.1, -0.05) is 43.3 Å². The van der Waals surface area contributed by atoms with Gasteiger partial charge in [0.25, 0.3) is 0 Å². The molecule has 0 aliphatic carbocycles. The number of hydrogen-bond donors (Lipinski definition) is 1. The van der Waals surface area contributed by atoms with Gasteiger partial charge in [-0.25, -0.2) is 4.39 Å². The van der Waals surface area contributed by atoms with Crippen LogP contribution >= 0.6 is 0 Å². The molecule has 116 valence electrons. The van der Waals surface area contributed by atoms with Gasteiger partial charge in [0.05, 0.1) is 12.2 Å². The molecule has 22 heavy (non-hydrogen) atoms. The van der Waals surface area contributed by atoms with Crippen LogP contribution in [-0.4, -0.2) is 23.9 Å². The zero-order valence-corrected chi connectivity index (χ0v) is 13.0. The summed E-state index contributed by atoms with van der Waals surface area (Å²) in [5.41, 5.74) is 2.21. The lowest BCUT2D eigenvalue weighted by molar-refractivity contribution is -0.117. The van der Waals surface area contributed by atoms with Crippen LogP contribution in [-0.2, 0) is 11.3 Å². The van der Waals surface area contributed by atoms with E-state index >= 15 is 0 Å². The molecule has 0 fully saturated rings. The molecule has 0 saturated heterocycles. The third-order valence-corrected chi connectivity index (χ3v) is 3.46. The van der Waals surface area contributed by atoms with Gasteiger partial charge in [-0.15, -0.1) is 0 Å². The molecule has 0 aliphatic heterocycles. The van der Waals surface area contributed by atoms with Crippen LogP contribution in [0.4, 0.5) is 10.1 Å². The van der Waals surface area contributed by atoms with Gasteiger partial charge in [0.1, 0.15) is 5.82 Å². The largest absolute Gasteiger partial charge is 0.322 e. The first-order chi connectivity index (χ1) is 10.6. The number of nitrogens with zero attached hydrogens (tertiary/aromatic N) is 1. The molecule has 1 N–H and O–H groups in total. The second-order valence-electron chi connectivity index (χ2n) is 5.32. The molecule has 4 heteroatoms. The Labute approximate surface area is 130 Å². The van der Waals surface area contributed by atoms with Crippen molar-refractivity contribution in [3.63, 3.8) is 0 Å². The van der Waals surface area contributed by atoms with E-state index in [9.17, 15) is 9.18 Å². The lowest BCUT2D eigenvalue weighted by Crippen LogP contribution is -2.32. The van der Waals surface area contributed by atoms with Crippen molar-refractivity contribution >= 4 is 11.6 Å². The number of hydrogen-bond acceptors (Lipinski definition) is 2. The minimum absolute atomic E-state index is 0.208. The van der Waals surface area contributed by atoms with Crippen molar-refractivity contribution in [1.29, 1.82) is 0 Å². The van der Waals surface area contributed by atoms with Crippen molar-refractivity contribution in [2.24, 2.45) is 0 Å². The van der Waals surface area contributed by atoms with E-state index in [0.29, 0.717) is 6.54 Å². The highest BCUT2D eigenvalue weighted by atomic mass is 19.1. The molecule has 1 amide bonds. The molecule has 0 atom stereocenters. The van der Waals surface area contributed by atoms with Crippen LogP contribution < -0.4 is 5.32 Å². The maximum atomic E-state index is 13.7. The summed E-state index contributed by atoms with van der Waals surface area (Å²) in [6.45, 7) is 5.49. The monoisotopic (exact) mass is 300 g/mol. The van der Waals surface area contributed by atoms with Crippen LogP contribution in [0.5, 0.6) is 0 Å². The fourth-order valence-corrected chi connectivity index (χ4v) is 2.24. The number of anilines is 1. The molecule has 2 rings (SSSR count). The van der Waals surface area contributed by atoms with Crippen LogP contribution in [0.25, 0.3) is 0 Å². The summed E-state index contributed by atoms with van der Waals surface area (Å²) in [7, 11) is 0. The third-order valence-electron chi connectivity index (χ3n) is 3.46. The number of nitrogens with one attached hydrogen (secondary N) is 1. The number of aryl methyl sites for hydroxylation is 1. The predicted molar refractivity (Wildman–Crippen MR) is 87.2 cm³/mol. The van der Waals surface area contributed by atoms with Crippen molar-refractivity contribution in [2.75, 3.05) is 18.4 Å². The molecule has 0 aromatic heterocycles. The SMILES string of the molecule is CCN(CC(=O)Nc1ccc(C)cc1F)Cc1ccccc1. The topological polar surface area (TPSA) is 32.3 Å². The number of likely N-dealkylation sites (N-methyl/N-ethyl adjacent to an activating group) is 1. The van der Waals surface area contributed by atoms with Gasteiger partial charge in [0.15, 0.2) is 0 Å². The fraction of sp³-hybridized carbons (Fsp3) is 0.278. The number of rotatable bonds is 6. The number of carbonyl (C=O) groups excluding carboxylic acids is 1. The smallest absolute Gasteiger partial charge is 0.238 e. The summed E-state index contributed by atoms with van der Waals surface area (Å²) in [6, 6.07) is 14.8. The van der Waals surface area contributed by atoms with E-state index in [1.54, 1.807) is 12.1 Å². The molecular formula is C18H21FN2O. The van der Waals surface area contributed by atoms with Gasteiger partial charge in [-0.3, -0.25) is 9.69 Å². The molecule has 0 heterocycles. The van der Waals surface area contributed by atoms with E-state index < -0.39 is 5.82 Å². The Morgan fingerprint density at radius 1 is 1.18 bits per heavy atom. The minimum Gasteiger partial charge on any atom is -0.322 e. The summed E-state index contributed by atoms with van der Waals surface area (Å²) >= 11 is 0. The highest BCUT2D eigenvalue weighted by molar-refractivity contribution is 5.92. The first-order valence-corrected chi connectivity index (χ1v) is 7.40. The van der Waals surface area contributed by atoms with E-state index in [1.807, 2.05) is 49.1 Å². The predicted octanol–water partition coefficient (Wildman–Crippen LogP) is 3.59. The Bertz CT molecular complexity index is 628. The van der Waals surface area contributed by atoms with Gasteiger partial charge in [-0.2, -0.15) is 0 Å². The molecule has 0 unspecified atom stereocenters. The van der Waals surface area contributed by atoms with E-state index in [-0.39, 0.29) is 18.1 Å². The van der Waals surface area contributed by atoms with E-state index in [1.165, 1.54) is 6.07 Å². The van der Waals surface area contributed by atoms with Crippen molar-refractivity contribution in [3.8, 4) is 0 Å². The number of halogens is 1. The summed E-state index contributed by atoms with van der Waals surface area (Å²) in [5.74, 6) is -0.611. The quantitative estimate of drug-likeness (QED) is 0.884. The molecule has 2 aromatic rings. The maximum absolute atomic E-state index is 13.7. The van der Waals surface area contributed by atoms with Gasteiger partial charge in [0, 0.05) is 6.54 Å². The Hall–Kier alpha value is -2.20. The van der Waals surface area contributed by atoms with E-state index in [0.717, 1.165) is 17.7 Å². The molecular weight excluding hydrogens is 279 g/mol. The molecule has 0 aliphatic rings. The average Bonchev–Trinajstić information content (AvgIpc) is 2.50. The second kappa shape index (κ2) is 7.71. The van der Waals surface area contributed by atoms with Crippen LogP contribution in [0, 0.1) is 12.7 Å². The number of amides is 1. The summed E-state index contributed by atoms with van der Waals surface area (Å²) in [6.07, 6.45) is 0. The van der Waals surface area contributed by atoms with Crippen molar-refractivity contribution in [1.82, 2.24) is 4.90 Å². The average molecular weight is 300 g/mol. The normalized spacial score (nSPS) is 10.7. The highest BCUT2D eigenvalue weighted by Crippen LogP contribution is 2.15. The van der Waals surface area contributed by atoms with Gasteiger partial charge >= 0.3 is 0 Å². The van der Waals surface area contributed by atoms with Gasteiger partial charge in [0.2, 0.25) is 5.91 Å². The molecule has 0 bridgehead atoms. The van der Waals surface area contributed by atoms with Crippen molar-refractivity contribution in [3.05, 3.63) is 65.5 Å². The molecule has 3 nitrogen and oxygen atoms in total. The molecule has 0 radical (unpaired) electrons. The van der Waals surface area contributed by atoms with Gasteiger partial charge in [-0.05, 0) is 36.7 Å². The lowest BCUT2D eigenvalue weighted by atomic mass is 10.2. The van der Waals surface area contributed by atoms with Crippen LogP contribution in [0.15, 0.2) is 48.5 Å². The molecule has 2 aromatic carbocycles. The van der Waals surface area contributed by atoms with Crippen LogP contribution in [0.2, 0.25) is 0 Å². The van der Waals surface area contributed by atoms with Crippen LogP contribution in [0.3, 0.4) is 0 Å².